The lowest BCUT2D eigenvalue weighted by Crippen LogP contribution is -2.56. The smallest absolute Gasteiger partial charge is 0.256 e. The molecule has 1 fully saturated rings. The molecule has 0 unspecified atom stereocenters. The first-order valence-electron chi connectivity index (χ1n) is 5.41. The summed E-state index contributed by atoms with van der Waals surface area (Å²) < 4.78 is 27.4. The third-order valence-electron chi connectivity index (χ3n) is 2.59. The summed E-state index contributed by atoms with van der Waals surface area (Å²) in [7, 11) is 0. The number of carbonyl (C=O) groups excluding carboxylic acids is 2. The molecule has 1 aromatic carbocycles. The van der Waals surface area contributed by atoms with Crippen molar-refractivity contribution in [1.82, 2.24) is 15.8 Å². The van der Waals surface area contributed by atoms with E-state index in [2.05, 4.69) is 26.7 Å². The lowest BCUT2D eigenvalue weighted by atomic mass is 10.2. The summed E-state index contributed by atoms with van der Waals surface area (Å²) in [6.45, 7) is -0.528. The molecule has 0 radical (unpaired) electrons. The molecular formula is C11H10BrF2N3O2. The molecule has 5 nitrogen and oxygen atoms in total. The van der Waals surface area contributed by atoms with Gasteiger partial charge < -0.3 is 5.32 Å². The minimum Gasteiger partial charge on any atom is -0.345 e. The number of hydrogen-bond acceptors (Lipinski definition) is 3. The Morgan fingerprint density at radius 1 is 1.32 bits per heavy atom. The van der Waals surface area contributed by atoms with Crippen molar-refractivity contribution in [3.05, 3.63) is 33.8 Å². The van der Waals surface area contributed by atoms with Gasteiger partial charge in [0.1, 0.15) is 18.2 Å². The number of nitrogens with zero attached hydrogens (tertiary/aromatic N) is 1. The van der Waals surface area contributed by atoms with Gasteiger partial charge in [-0.1, -0.05) is 15.9 Å². The zero-order valence-electron chi connectivity index (χ0n) is 9.67. The van der Waals surface area contributed by atoms with Gasteiger partial charge in [0.15, 0.2) is 0 Å². The summed E-state index contributed by atoms with van der Waals surface area (Å²) in [5.74, 6) is -2.15. The second kappa shape index (κ2) is 5.62. The first kappa shape index (κ1) is 13.9. The van der Waals surface area contributed by atoms with Crippen molar-refractivity contribution in [3.8, 4) is 0 Å². The molecule has 1 saturated heterocycles. The van der Waals surface area contributed by atoms with Crippen molar-refractivity contribution in [3.63, 3.8) is 0 Å². The minimum atomic E-state index is -0.728. The molecule has 1 aliphatic heterocycles. The van der Waals surface area contributed by atoms with Crippen molar-refractivity contribution >= 4 is 27.7 Å². The molecule has 102 valence electrons. The van der Waals surface area contributed by atoms with Crippen LogP contribution < -0.4 is 10.7 Å². The Balaban J connectivity index is 2.06. The van der Waals surface area contributed by atoms with Gasteiger partial charge in [0.05, 0.1) is 6.54 Å². The number of hydrazine groups is 1. The summed E-state index contributed by atoms with van der Waals surface area (Å²) in [4.78, 5) is 22.5. The van der Waals surface area contributed by atoms with Crippen LogP contribution in [0.1, 0.15) is 5.56 Å². The number of halogens is 3. The molecule has 2 amide bonds. The Morgan fingerprint density at radius 3 is 2.58 bits per heavy atom. The van der Waals surface area contributed by atoms with Crippen LogP contribution in [0.2, 0.25) is 0 Å². The largest absolute Gasteiger partial charge is 0.345 e. The van der Waals surface area contributed by atoms with E-state index < -0.39 is 11.6 Å². The summed E-state index contributed by atoms with van der Waals surface area (Å²) in [5.41, 5.74) is 2.35. The highest BCUT2D eigenvalue weighted by Crippen LogP contribution is 2.19. The van der Waals surface area contributed by atoms with Gasteiger partial charge in [-0.25, -0.2) is 14.2 Å². The second-order valence-electron chi connectivity index (χ2n) is 3.94. The molecule has 1 aliphatic rings. The molecule has 0 aliphatic carbocycles. The molecule has 0 bridgehead atoms. The highest BCUT2D eigenvalue weighted by Gasteiger charge is 2.23. The molecule has 0 atom stereocenters. The zero-order chi connectivity index (χ0) is 14.0. The standard InChI is InChI=1S/C11H10BrF2N3O2/c12-6-1-8(13)7(9(14)2-6)3-16-17-5-10(18)15-4-11(17)19/h1-2,16H,3-5H2,(H,15,18). The molecule has 19 heavy (non-hydrogen) atoms. The third-order valence-corrected chi connectivity index (χ3v) is 3.05. The van der Waals surface area contributed by atoms with Gasteiger partial charge in [-0.2, -0.15) is 0 Å². The van der Waals surface area contributed by atoms with Gasteiger partial charge in [-0.15, -0.1) is 0 Å². The van der Waals surface area contributed by atoms with E-state index in [0.29, 0.717) is 4.47 Å². The number of rotatable bonds is 3. The van der Waals surface area contributed by atoms with Gasteiger partial charge in [-0.3, -0.25) is 14.6 Å². The Labute approximate surface area is 116 Å². The Morgan fingerprint density at radius 2 is 1.95 bits per heavy atom. The summed E-state index contributed by atoms with van der Waals surface area (Å²) in [6, 6.07) is 2.26. The highest BCUT2D eigenvalue weighted by molar-refractivity contribution is 9.10. The number of benzene rings is 1. The lowest BCUT2D eigenvalue weighted by Gasteiger charge is -2.27. The Hall–Kier alpha value is -1.54. The van der Waals surface area contributed by atoms with E-state index in [0.717, 1.165) is 17.1 Å². The van der Waals surface area contributed by atoms with E-state index in [9.17, 15) is 18.4 Å². The Bertz CT molecular complexity index is 516. The van der Waals surface area contributed by atoms with Crippen LogP contribution in [0.4, 0.5) is 8.78 Å². The van der Waals surface area contributed by atoms with Gasteiger partial charge in [-0.05, 0) is 12.1 Å². The van der Waals surface area contributed by atoms with Crippen LogP contribution in [-0.2, 0) is 16.1 Å². The first-order chi connectivity index (χ1) is 8.97. The second-order valence-corrected chi connectivity index (χ2v) is 4.86. The summed E-state index contributed by atoms with van der Waals surface area (Å²) >= 11 is 2.97. The fourth-order valence-electron chi connectivity index (χ4n) is 1.62. The molecular weight excluding hydrogens is 324 g/mol. The maximum absolute atomic E-state index is 13.5. The van der Waals surface area contributed by atoms with Crippen LogP contribution in [-0.4, -0.2) is 29.9 Å². The van der Waals surface area contributed by atoms with Crippen molar-refractivity contribution < 1.29 is 18.4 Å². The van der Waals surface area contributed by atoms with E-state index >= 15 is 0 Å². The van der Waals surface area contributed by atoms with E-state index in [1.54, 1.807) is 0 Å². The number of piperazine rings is 1. The maximum atomic E-state index is 13.5. The van der Waals surface area contributed by atoms with Crippen LogP contribution in [0.25, 0.3) is 0 Å². The van der Waals surface area contributed by atoms with Crippen LogP contribution in [0.5, 0.6) is 0 Å². The van der Waals surface area contributed by atoms with E-state index in [1.807, 2.05) is 0 Å². The summed E-state index contributed by atoms with van der Waals surface area (Å²) in [5, 5.41) is 3.41. The van der Waals surface area contributed by atoms with Crippen LogP contribution in [0, 0.1) is 11.6 Å². The Kier molecular flexibility index (Phi) is 4.11. The fraction of sp³-hybridized carbons (Fsp3) is 0.273. The molecule has 2 rings (SSSR count). The van der Waals surface area contributed by atoms with Crippen molar-refractivity contribution in [2.75, 3.05) is 13.1 Å². The number of nitrogens with one attached hydrogen (secondary N) is 2. The third kappa shape index (κ3) is 3.27. The van der Waals surface area contributed by atoms with Crippen LogP contribution in [0.3, 0.4) is 0 Å². The lowest BCUT2D eigenvalue weighted by molar-refractivity contribution is -0.143. The SMILES string of the molecule is O=C1CN(NCc2c(F)cc(Br)cc2F)C(=O)CN1. The molecule has 0 aromatic heterocycles. The van der Waals surface area contributed by atoms with Gasteiger partial charge in [0.25, 0.3) is 5.91 Å². The molecule has 1 heterocycles. The highest BCUT2D eigenvalue weighted by atomic mass is 79.9. The summed E-state index contributed by atoms with van der Waals surface area (Å²) in [6.07, 6.45) is 0. The first-order valence-corrected chi connectivity index (χ1v) is 6.20. The van der Waals surface area contributed by atoms with E-state index in [-0.39, 0.29) is 37.0 Å². The van der Waals surface area contributed by atoms with Crippen molar-refractivity contribution in [2.24, 2.45) is 0 Å². The van der Waals surface area contributed by atoms with Crippen LogP contribution >= 0.6 is 15.9 Å². The molecule has 0 saturated carbocycles. The van der Waals surface area contributed by atoms with Gasteiger partial charge in [0, 0.05) is 16.6 Å². The number of amides is 2. The predicted molar refractivity (Wildman–Crippen MR) is 65.6 cm³/mol. The van der Waals surface area contributed by atoms with Crippen molar-refractivity contribution in [2.45, 2.75) is 6.54 Å². The minimum absolute atomic E-state index is 0.128. The number of carbonyl (C=O) groups is 2. The quantitative estimate of drug-likeness (QED) is 0.855. The number of hydrogen-bond donors (Lipinski definition) is 2. The monoisotopic (exact) mass is 333 g/mol. The molecule has 8 heteroatoms. The fourth-order valence-corrected chi connectivity index (χ4v) is 2.02. The van der Waals surface area contributed by atoms with E-state index in [4.69, 9.17) is 0 Å². The molecule has 2 N–H and O–H groups in total. The average molecular weight is 334 g/mol. The van der Waals surface area contributed by atoms with Gasteiger partial charge >= 0.3 is 0 Å². The predicted octanol–water partition coefficient (Wildman–Crippen LogP) is 0.690. The van der Waals surface area contributed by atoms with Crippen LogP contribution in [0.15, 0.2) is 16.6 Å². The molecule has 1 aromatic rings. The average Bonchev–Trinajstić information content (AvgIpc) is 2.32. The normalized spacial score (nSPS) is 15.6. The van der Waals surface area contributed by atoms with Gasteiger partial charge in [0.2, 0.25) is 5.91 Å². The van der Waals surface area contributed by atoms with Crippen molar-refractivity contribution in [1.29, 1.82) is 0 Å². The zero-order valence-corrected chi connectivity index (χ0v) is 11.3. The molecule has 0 spiro atoms. The topological polar surface area (TPSA) is 61.4 Å². The van der Waals surface area contributed by atoms with E-state index in [1.165, 1.54) is 0 Å². The maximum Gasteiger partial charge on any atom is 0.256 e.